The van der Waals surface area contributed by atoms with Crippen molar-refractivity contribution in [3.8, 4) is 0 Å². The number of fused-ring (bicyclic) bond motifs is 1. The molecule has 0 amide bonds. The number of hydrogen-bond donors (Lipinski definition) is 1. The van der Waals surface area contributed by atoms with E-state index in [0.717, 1.165) is 12.1 Å². The van der Waals surface area contributed by atoms with Crippen LogP contribution in [0.4, 0.5) is 0 Å². The summed E-state index contributed by atoms with van der Waals surface area (Å²) in [5.41, 5.74) is 0. The minimum atomic E-state index is 0.884. The van der Waals surface area contributed by atoms with Crippen LogP contribution in [0, 0.1) is 0 Å². The van der Waals surface area contributed by atoms with E-state index in [1.54, 1.807) is 0 Å². The van der Waals surface area contributed by atoms with Crippen LogP contribution in [0.3, 0.4) is 0 Å². The minimum absolute atomic E-state index is 0.884. The van der Waals surface area contributed by atoms with Gasteiger partial charge in [-0.05, 0) is 77.7 Å². The average molecular weight is 251 g/mol. The Kier molecular flexibility index (Phi) is 4.55. The number of unbranched alkanes of at least 4 members (excludes halogenated alkanes) is 1. The summed E-state index contributed by atoms with van der Waals surface area (Å²) < 4.78 is 0. The maximum Gasteiger partial charge on any atom is 0.0223 e. The lowest BCUT2D eigenvalue weighted by Gasteiger charge is -2.25. The fraction of sp³-hybridized carbons (Fsp3) is 1.00. The molecule has 2 saturated heterocycles. The highest BCUT2D eigenvalue weighted by molar-refractivity contribution is 4.85. The van der Waals surface area contributed by atoms with Gasteiger partial charge in [-0.1, -0.05) is 0 Å². The van der Waals surface area contributed by atoms with Crippen LogP contribution >= 0.6 is 0 Å². The molecule has 3 aliphatic rings. The Morgan fingerprint density at radius 1 is 0.944 bits per heavy atom. The molecule has 0 bridgehead atoms. The third-order valence-electron chi connectivity index (χ3n) is 4.80. The van der Waals surface area contributed by atoms with E-state index >= 15 is 0 Å². The largest absolute Gasteiger partial charge is 0.314 e. The fourth-order valence-electron chi connectivity index (χ4n) is 3.54. The van der Waals surface area contributed by atoms with Crippen LogP contribution in [0.1, 0.15) is 44.9 Å². The van der Waals surface area contributed by atoms with Crippen LogP contribution in [0.5, 0.6) is 0 Å². The zero-order chi connectivity index (χ0) is 12.2. The third-order valence-corrected chi connectivity index (χ3v) is 4.80. The quantitative estimate of drug-likeness (QED) is 0.725. The molecular weight excluding hydrogens is 222 g/mol. The molecule has 1 atom stereocenters. The molecule has 3 nitrogen and oxygen atoms in total. The average Bonchev–Trinajstić information content (AvgIpc) is 3.13. The van der Waals surface area contributed by atoms with Crippen molar-refractivity contribution in [3.63, 3.8) is 0 Å². The summed E-state index contributed by atoms with van der Waals surface area (Å²) in [6.45, 7) is 7.97. The van der Waals surface area contributed by atoms with Gasteiger partial charge in [0.05, 0.1) is 0 Å². The number of nitrogens with zero attached hydrogens (tertiary/aromatic N) is 2. The van der Waals surface area contributed by atoms with Gasteiger partial charge in [-0.2, -0.15) is 0 Å². The van der Waals surface area contributed by atoms with Gasteiger partial charge in [-0.25, -0.2) is 0 Å². The van der Waals surface area contributed by atoms with E-state index < -0.39 is 0 Å². The highest BCUT2D eigenvalue weighted by Gasteiger charge is 2.28. The van der Waals surface area contributed by atoms with Crippen LogP contribution in [-0.2, 0) is 0 Å². The third kappa shape index (κ3) is 3.69. The lowest BCUT2D eigenvalue weighted by atomic mass is 10.2. The van der Waals surface area contributed by atoms with Gasteiger partial charge in [0, 0.05) is 18.6 Å². The van der Waals surface area contributed by atoms with E-state index in [1.807, 2.05) is 0 Å². The van der Waals surface area contributed by atoms with Gasteiger partial charge < -0.3 is 10.2 Å². The minimum Gasteiger partial charge on any atom is -0.314 e. The number of nitrogens with one attached hydrogen (secondary N) is 1. The van der Waals surface area contributed by atoms with Crippen LogP contribution in [0.15, 0.2) is 0 Å². The van der Waals surface area contributed by atoms with Crippen molar-refractivity contribution in [1.82, 2.24) is 15.1 Å². The Morgan fingerprint density at radius 3 is 2.72 bits per heavy atom. The normalized spacial score (nSPS) is 30.3. The Morgan fingerprint density at radius 2 is 1.83 bits per heavy atom. The van der Waals surface area contributed by atoms with E-state index in [1.165, 1.54) is 84.2 Å². The SMILES string of the molecule is C(CCN1CCCN2CCCC2C1)CNC1CC1. The van der Waals surface area contributed by atoms with E-state index in [4.69, 9.17) is 0 Å². The Labute approximate surface area is 112 Å². The monoisotopic (exact) mass is 251 g/mol. The van der Waals surface area contributed by atoms with Gasteiger partial charge in [-0.15, -0.1) is 0 Å². The summed E-state index contributed by atoms with van der Waals surface area (Å²) in [6.07, 6.45) is 9.85. The van der Waals surface area contributed by atoms with Gasteiger partial charge in [-0.3, -0.25) is 4.90 Å². The van der Waals surface area contributed by atoms with Gasteiger partial charge in [0.1, 0.15) is 0 Å². The predicted molar refractivity (Wildman–Crippen MR) is 75.9 cm³/mol. The van der Waals surface area contributed by atoms with Crippen LogP contribution in [-0.4, -0.2) is 61.2 Å². The van der Waals surface area contributed by atoms with Gasteiger partial charge in [0.25, 0.3) is 0 Å². The zero-order valence-electron chi connectivity index (χ0n) is 11.7. The fourth-order valence-corrected chi connectivity index (χ4v) is 3.54. The molecule has 2 aliphatic heterocycles. The second-order valence-electron chi connectivity index (χ2n) is 6.42. The van der Waals surface area contributed by atoms with E-state index in [9.17, 15) is 0 Å². The molecule has 0 radical (unpaired) electrons. The van der Waals surface area contributed by atoms with Crippen molar-refractivity contribution >= 4 is 0 Å². The Balaban J connectivity index is 1.31. The summed E-state index contributed by atoms with van der Waals surface area (Å²) in [6, 6.07) is 1.77. The number of rotatable bonds is 6. The summed E-state index contributed by atoms with van der Waals surface area (Å²) in [5, 5.41) is 3.62. The summed E-state index contributed by atoms with van der Waals surface area (Å²) in [7, 11) is 0. The molecular formula is C15H29N3. The van der Waals surface area contributed by atoms with Gasteiger partial charge in [0.15, 0.2) is 0 Å². The molecule has 0 aromatic carbocycles. The molecule has 0 spiro atoms. The van der Waals surface area contributed by atoms with Crippen molar-refractivity contribution in [3.05, 3.63) is 0 Å². The molecule has 1 aliphatic carbocycles. The first kappa shape index (κ1) is 12.9. The topological polar surface area (TPSA) is 18.5 Å². The van der Waals surface area contributed by atoms with E-state index in [0.29, 0.717) is 0 Å². The van der Waals surface area contributed by atoms with E-state index in [-0.39, 0.29) is 0 Å². The first-order valence-corrected chi connectivity index (χ1v) is 8.11. The maximum absolute atomic E-state index is 3.62. The highest BCUT2D eigenvalue weighted by Crippen LogP contribution is 2.21. The van der Waals surface area contributed by atoms with Gasteiger partial charge >= 0.3 is 0 Å². The molecule has 104 valence electrons. The van der Waals surface area contributed by atoms with Gasteiger partial charge in [0.2, 0.25) is 0 Å². The molecule has 0 aromatic heterocycles. The van der Waals surface area contributed by atoms with Crippen molar-refractivity contribution in [2.45, 2.75) is 57.0 Å². The van der Waals surface area contributed by atoms with Crippen LogP contribution < -0.4 is 5.32 Å². The molecule has 18 heavy (non-hydrogen) atoms. The Bertz CT molecular complexity index is 252. The van der Waals surface area contributed by atoms with Crippen molar-refractivity contribution in [2.75, 3.05) is 39.3 Å². The maximum atomic E-state index is 3.62. The lowest BCUT2D eigenvalue weighted by molar-refractivity contribution is 0.218. The number of hydrogen-bond acceptors (Lipinski definition) is 3. The van der Waals surface area contributed by atoms with Crippen LogP contribution in [0.25, 0.3) is 0 Å². The zero-order valence-corrected chi connectivity index (χ0v) is 11.7. The first-order valence-electron chi connectivity index (χ1n) is 8.11. The van der Waals surface area contributed by atoms with Crippen molar-refractivity contribution in [2.24, 2.45) is 0 Å². The molecule has 0 aromatic rings. The van der Waals surface area contributed by atoms with Crippen molar-refractivity contribution in [1.29, 1.82) is 0 Å². The van der Waals surface area contributed by atoms with Crippen molar-refractivity contribution < 1.29 is 0 Å². The molecule has 1 unspecified atom stereocenters. The second-order valence-corrected chi connectivity index (χ2v) is 6.42. The van der Waals surface area contributed by atoms with E-state index in [2.05, 4.69) is 15.1 Å². The molecule has 1 saturated carbocycles. The molecule has 3 rings (SSSR count). The first-order chi connectivity index (χ1) is 8.92. The standard InChI is InChI=1S/C15H29N3/c1(8-16-14-6-7-14)2-9-17-10-4-12-18-11-3-5-15(18)13-17/h14-16H,1-13H2. The smallest absolute Gasteiger partial charge is 0.0223 e. The Hall–Kier alpha value is -0.120. The lowest BCUT2D eigenvalue weighted by Crippen LogP contribution is -2.37. The summed E-state index contributed by atoms with van der Waals surface area (Å²) in [5.74, 6) is 0. The predicted octanol–water partition coefficient (Wildman–Crippen LogP) is 1.69. The molecule has 3 heteroatoms. The van der Waals surface area contributed by atoms with Crippen LogP contribution in [0.2, 0.25) is 0 Å². The molecule has 3 fully saturated rings. The second kappa shape index (κ2) is 6.36. The molecule has 1 N–H and O–H groups in total. The summed E-state index contributed by atoms with van der Waals surface area (Å²) in [4.78, 5) is 5.46. The highest BCUT2D eigenvalue weighted by atomic mass is 15.3. The summed E-state index contributed by atoms with van der Waals surface area (Å²) >= 11 is 0. The molecule has 2 heterocycles.